The van der Waals surface area contributed by atoms with Gasteiger partial charge in [-0.05, 0) is 39.0 Å². The van der Waals surface area contributed by atoms with Crippen LogP contribution in [0.4, 0.5) is 5.69 Å². The third-order valence-electron chi connectivity index (χ3n) is 3.95. The Balaban J connectivity index is 2.38. The summed E-state index contributed by atoms with van der Waals surface area (Å²) in [6.45, 7) is 4.95. The molecule has 104 valence electrons. The Hall–Kier alpha value is -1.46. The maximum Gasteiger partial charge on any atom is 0.274 e. The number of benzene rings is 1. The van der Waals surface area contributed by atoms with Crippen LogP contribution in [0.5, 0.6) is 0 Å². The Labute approximate surface area is 113 Å². The molecule has 0 radical (unpaired) electrons. The summed E-state index contributed by atoms with van der Waals surface area (Å²) in [5.74, 6) is 0.436. The van der Waals surface area contributed by atoms with Crippen molar-refractivity contribution >= 4 is 5.69 Å². The van der Waals surface area contributed by atoms with Crippen molar-refractivity contribution in [2.75, 3.05) is 26.7 Å². The molecule has 2 atom stereocenters. The summed E-state index contributed by atoms with van der Waals surface area (Å²) in [7, 11) is 1.94. The van der Waals surface area contributed by atoms with Gasteiger partial charge in [0.25, 0.3) is 5.69 Å². The fourth-order valence-corrected chi connectivity index (χ4v) is 3.11. The van der Waals surface area contributed by atoms with Gasteiger partial charge in [0.15, 0.2) is 0 Å². The summed E-state index contributed by atoms with van der Waals surface area (Å²) in [5.41, 5.74) is 1.10. The number of likely N-dealkylation sites (tertiary alicyclic amines) is 1. The lowest BCUT2D eigenvalue weighted by Gasteiger charge is -2.27. The van der Waals surface area contributed by atoms with Crippen molar-refractivity contribution in [1.82, 2.24) is 10.2 Å². The van der Waals surface area contributed by atoms with E-state index in [1.165, 1.54) is 0 Å². The normalized spacial score (nSPS) is 23.7. The van der Waals surface area contributed by atoms with Crippen LogP contribution in [0, 0.1) is 16.0 Å². The van der Waals surface area contributed by atoms with Gasteiger partial charge in [0.05, 0.1) is 4.92 Å². The first-order valence-corrected chi connectivity index (χ1v) is 6.81. The van der Waals surface area contributed by atoms with Crippen molar-refractivity contribution in [3.05, 3.63) is 39.9 Å². The maximum atomic E-state index is 11.2. The van der Waals surface area contributed by atoms with Gasteiger partial charge < -0.3 is 5.32 Å². The van der Waals surface area contributed by atoms with Crippen molar-refractivity contribution < 1.29 is 4.92 Å². The topological polar surface area (TPSA) is 58.4 Å². The quantitative estimate of drug-likeness (QED) is 0.653. The van der Waals surface area contributed by atoms with Crippen LogP contribution in [0.3, 0.4) is 0 Å². The van der Waals surface area contributed by atoms with Crippen LogP contribution in [0.2, 0.25) is 0 Å². The number of para-hydroxylation sites is 1. The van der Waals surface area contributed by atoms with Crippen LogP contribution in [0.1, 0.15) is 24.9 Å². The van der Waals surface area contributed by atoms with E-state index in [9.17, 15) is 10.1 Å². The predicted molar refractivity (Wildman–Crippen MR) is 75.1 cm³/mol. The number of rotatable bonds is 5. The number of nitro benzene ring substituents is 1. The molecule has 2 unspecified atom stereocenters. The molecule has 1 aromatic rings. The van der Waals surface area contributed by atoms with Crippen LogP contribution in [-0.4, -0.2) is 36.5 Å². The Morgan fingerprint density at radius 2 is 2.21 bits per heavy atom. The Morgan fingerprint density at radius 1 is 1.47 bits per heavy atom. The second kappa shape index (κ2) is 6.12. The minimum absolute atomic E-state index is 0.152. The molecule has 1 aliphatic rings. The maximum absolute atomic E-state index is 11.2. The van der Waals surface area contributed by atoms with Gasteiger partial charge >= 0.3 is 0 Å². The van der Waals surface area contributed by atoms with Gasteiger partial charge in [0.2, 0.25) is 0 Å². The van der Waals surface area contributed by atoms with Gasteiger partial charge in [-0.1, -0.05) is 25.1 Å². The third-order valence-corrected chi connectivity index (χ3v) is 3.95. The molecule has 1 heterocycles. The van der Waals surface area contributed by atoms with Crippen molar-refractivity contribution in [3.8, 4) is 0 Å². The molecule has 0 bridgehead atoms. The van der Waals surface area contributed by atoms with E-state index >= 15 is 0 Å². The number of hydrogen-bond acceptors (Lipinski definition) is 4. The molecule has 1 aliphatic heterocycles. The number of nitrogens with one attached hydrogen (secondary N) is 1. The van der Waals surface area contributed by atoms with Crippen molar-refractivity contribution in [2.24, 2.45) is 5.92 Å². The van der Waals surface area contributed by atoms with E-state index in [1.54, 1.807) is 12.1 Å². The highest BCUT2D eigenvalue weighted by Gasteiger charge is 2.37. The lowest BCUT2D eigenvalue weighted by Crippen LogP contribution is -2.29. The fourth-order valence-electron chi connectivity index (χ4n) is 3.11. The first-order chi connectivity index (χ1) is 9.19. The van der Waals surface area contributed by atoms with Gasteiger partial charge in [0, 0.05) is 17.7 Å². The van der Waals surface area contributed by atoms with E-state index in [2.05, 4.69) is 17.1 Å². The van der Waals surface area contributed by atoms with Gasteiger partial charge in [-0.25, -0.2) is 0 Å². The molecular weight excluding hydrogens is 242 g/mol. The van der Waals surface area contributed by atoms with Gasteiger partial charge in [-0.15, -0.1) is 0 Å². The van der Waals surface area contributed by atoms with Gasteiger partial charge in [-0.2, -0.15) is 0 Å². The monoisotopic (exact) mass is 263 g/mol. The Morgan fingerprint density at radius 3 is 2.84 bits per heavy atom. The summed E-state index contributed by atoms with van der Waals surface area (Å²) < 4.78 is 0. The zero-order valence-electron chi connectivity index (χ0n) is 11.5. The smallest absolute Gasteiger partial charge is 0.274 e. The van der Waals surface area contributed by atoms with Crippen LogP contribution < -0.4 is 5.32 Å². The molecule has 0 aliphatic carbocycles. The molecule has 19 heavy (non-hydrogen) atoms. The summed E-state index contributed by atoms with van der Waals surface area (Å²) in [4.78, 5) is 13.3. The zero-order valence-corrected chi connectivity index (χ0v) is 11.5. The van der Waals surface area contributed by atoms with Crippen molar-refractivity contribution in [2.45, 2.75) is 19.4 Å². The second-order valence-corrected chi connectivity index (χ2v) is 5.00. The Bertz CT molecular complexity index is 450. The average Bonchev–Trinajstić information content (AvgIpc) is 2.82. The molecule has 0 amide bonds. The van der Waals surface area contributed by atoms with Gasteiger partial charge in [0.1, 0.15) is 0 Å². The molecule has 5 nitrogen and oxygen atoms in total. The molecule has 1 aromatic carbocycles. The summed E-state index contributed by atoms with van der Waals surface area (Å²) in [6, 6.07) is 7.29. The third kappa shape index (κ3) is 2.77. The van der Waals surface area contributed by atoms with E-state index < -0.39 is 0 Å². The minimum Gasteiger partial charge on any atom is -0.319 e. The lowest BCUT2D eigenvalue weighted by atomic mass is 9.92. The molecule has 1 fully saturated rings. The van der Waals surface area contributed by atoms with E-state index in [4.69, 9.17) is 0 Å². The number of hydrogen-bond donors (Lipinski definition) is 1. The molecule has 1 saturated heterocycles. The molecule has 5 heteroatoms. The molecular formula is C14H21N3O2. The van der Waals surface area contributed by atoms with Gasteiger partial charge in [-0.3, -0.25) is 15.0 Å². The van der Waals surface area contributed by atoms with Crippen molar-refractivity contribution in [1.29, 1.82) is 0 Å². The average molecular weight is 263 g/mol. The predicted octanol–water partition coefficient (Wildman–Crippen LogP) is 2.20. The van der Waals surface area contributed by atoms with Crippen molar-refractivity contribution in [3.63, 3.8) is 0 Å². The van der Waals surface area contributed by atoms with Crippen LogP contribution in [-0.2, 0) is 0 Å². The van der Waals surface area contributed by atoms with Crippen LogP contribution in [0.25, 0.3) is 0 Å². The number of nitro groups is 1. The number of nitrogens with zero attached hydrogens (tertiary/aromatic N) is 2. The molecule has 0 spiro atoms. The lowest BCUT2D eigenvalue weighted by molar-refractivity contribution is -0.386. The SMILES string of the molecule is CCN1CCC(CNC)C1c1ccccc1[N+](=O)[O-]. The zero-order chi connectivity index (χ0) is 13.8. The van der Waals surface area contributed by atoms with E-state index in [1.807, 2.05) is 19.2 Å². The largest absolute Gasteiger partial charge is 0.319 e. The molecule has 0 saturated carbocycles. The standard InChI is InChI=1S/C14H21N3O2/c1-3-16-9-8-11(10-15-2)14(16)12-6-4-5-7-13(12)17(18)19/h4-7,11,14-15H,3,8-10H2,1-2H3. The van der Waals surface area contributed by atoms with E-state index in [-0.39, 0.29) is 16.7 Å². The van der Waals surface area contributed by atoms with E-state index in [0.29, 0.717) is 5.92 Å². The highest BCUT2D eigenvalue weighted by Crippen LogP contribution is 2.40. The summed E-state index contributed by atoms with van der Waals surface area (Å²) in [6.07, 6.45) is 1.09. The fraction of sp³-hybridized carbons (Fsp3) is 0.571. The van der Waals surface area contributed by atoms with Crippen LogP contribution >= 0.6 is 0 Å². The summed E-state index contributed by atoms with van der Waals surface area (Å²) in [5, 5.41) is 14.4. The molecule has 0 aromatic heterocycles. The minimum atomic E-state index is -0.266. The first-order valence-electron chi connectivity index (χ1n) is 6.81. The second-order valence-electron chi connectivity index (χ2n) is 5.00. The Kier molecular flexibility index (Phi) is 4.50. The van der Waals surface area contributed by atoms with E-state index in [0.717, 1.165) is 31.6 Å². The summed E-state index contributed by atoms with van der Waals surface area (Å²) >= 11 is 0. The highest BCUT2D eigenvalue weighted by molar-refractivity contribution is 5.42. The highest BCUT2D eigenvalue weighted by atomic mass is 16.6. The first kappa shape index (κ1) is 14.0. The molecule has 2 rings (SSSR count). The van der Waals surface area contributed by atoms with Crippen LogP contribution in [0.15, 0.2) is 24.3 Å². The molecule has 1 N–H and O–H groups in total.